The molecule has 0 amide bonds. The van der Waals surface area contributed by atoms with E-state index in [1.807, 2.05) is 40.9 Å². The molecule has 0 atom stereocenters. The summed E-state index contributed by atoms with van der Waals surface area (Å²) in [5, 5.41) is 13.6. The van der Waals surface area contributed by atoms with Crippen molar-refractivity contribution in [1.29, 1.82) is 0 Å². The minimum atomic E-state index is 0.899. The van der Waals surface area contributed by atoms with Crippen LogP contribution in [0.2, 0.25) is 0 Å². The van der Waals surface area contributed by atoms with E-state index in [-0.39, 0.29) is 0 Å². The molecular weight excluding hydrogens is 1150 g/mol. The van der Waals surface area contributed by atoms with Crippen LogP contribution < -0.4 is 0 Å². The van der Waals surface area contributed by atoms with E-state index in [9.17, 15) is 0 Å². The molecule has 0 aliphatic heterocycles. The van der Waals surface area contributed by atoms with Gasteiger partial charge in [0, 0.05) is 73.6 Å². The molecule has 91 heavy (non-hydrogen) atoms. The molecule has 5 nitrogen and oxygen atoms in total. The van der Waals surface area contributed by atoms with Gasteiger partial charge in [0.05, 0.1) is 50.4 Å². The van der Waals surface area contributed by atoms with Crippen molar-refractivity contribution < 1.29 is 8.83 Å². The van der Waals surface area contributed by atoms with Crippen LogP contribution >= 0.6 is 22.7 Å². The number of fused-ring (bicyclic) bond motifs is 18. The number of furan rings is 2. The van der Waals surface area contributed by atoms with Crippen molar-refractivity contribution >= 4 is 141 Å². The molecule has 7 heterocycles. The third-order valence-corrected chi connectivity index (χ3v) is 20.3. The molecule has 20 aromatic rings. The fourth-order valence-corrected chi connectivity index (χ4v) is 16.2. The highest BCUT2D eigenvalue weighted by Gasteiger charge is 2.22. The molecular formula is C84H53N3O2S2. The molecule has 0 N–H and O–H groups in total. The summed E-state index contributed by atoms with van der Waals surface area (Å²) >= 11 is 3.78. The molecule has 0 aliphatic rings. The van der Waals surface area contributed by atoms with Crippen LogP contribution in [-0.2, 0) is 0 Å². The Bertz CT molecular complexity index is 6120. The van der Waals surface area contributed by atoms with E-state index in [0.29, 0.717) is 0 Å². The van der Waals surface area contributed by atoms with Gasteiger partial charge in [0.15, 0.2) is 5.58 Å². The van der Waals surface area contributed by atoms with Crippen LogP contribution in [0.15, 0.2) is 331 Å². The Balaban J connectivity index is 0.000000102. The quantitative estimate of drug-likeness (QED) is 0.166. The number of nitrogens with zero attached hydrogens (tertiary/aromatic N) is 3. The predicted octanol–water partition coefficient (Wildman–Crippen LogP) is 24.4. The number of benzene rings is 13. The van der Waals surface area contributed by atoms with E-state index in [1.165, 1.54) is 113 Å². The van der Waals surface area contributed by atoms with Crippen LogP contribution in [0.1, 0.15) is 0 Å². The van der Waals surface area contributed by atoms with Gasteiger partial charge in [-0.1, -0.05) is 218 Å². The van der Waals surface area contributed by atoms with Crippen molar-refractivity contribution in [3.63, 3.8) is 0 Å². The Kier molecular flexibility index (Phi) is 12.5. The lowest BCUT2D eigenvalue weighted by Gasteiger charge is -2.09. The number of aromatic nitrogens is 3. The third-order valence-electron chi connectivity index (χ3n) is 17.9. The number of hydrogen-bond donors (Lipinski definition) is 0. The van der Waals surface area contributed by atoms with Crippen molar-refractivity contribution in [2.75, 3.05) is 0 Å². The molecule has 0 fully saturated rings. The fraction of sp³-hybridized carbons (Fsp3) is 0. The largest absolute Gasteiger partial charge is 0.464 e. The first-order valence-electron chi connectivity index (χ1n) is 30.7. The summed E-state index contributed by atoms with van der Waals surface area (Å²) in [5.74, 6) is 0. The summed E-state index contributed by atoms with van der Waals surface area (Å²) in [6, 6.07) is 112. The topological polar surface area (TPSA) is 41.1 Å². The first-order valence-corrected chi connectivity index (χ1v) is 32.3. The summed E-state index contributed by atoms with van der Waals surface area (Å²) < 4.78 is 22.0. The predicted molar refractivity (Wildman–Crippen MR) is 386 cm³/mol. The minimum Gasteiger partial charge on any atom is -0.464 e. The highest BCUT2D eigenvalue weighted by atomic mass is 32.1. The SMILES string of the molecule is c1ccc(-c2cc3ccc4c(c5ccccc5n4-c4ccccc4)c3s2)cc1.c1ccc(-c2ccc(-n3c4ccccc4c4c5sc(-c6ccccc6)cc5ccc43)cc2)cc1.c1ccc2c(c1)oc1c(-n3c4ccccc4c4c5occc5ccc43)cccc12. The standard InChI is InChI=1S/C32H21NS.C26H15NO2.C26H17NS/c1-3-9-22(10-4-1)23-15-18-26(19-16-23)33-28-14-8-7-13-27(28)31-29(33)20-17-25-21-30(34-32(25)31)24-11-5-2-6-12-24;1-3-9-20-19(7-1)24-21(13-12-16-14-15-28-25(16)24)27(20)22-10-5-8-18-17-6-2-4-11-23(17)29-26(18)22;1-3-9-18(10-4-1)24-17-19-15-16-23-25(26(19)28-24)21-13-7-8-14-22(21)27(23)20-11-5-2-6-12-20/h1-21H;1-15H;1-17H. The Morgan fingerprint density at radius 2 is 0.692 bits per heavy atom. The lowest BCUT2D eigenvalue weighted by Crippen LogP contribution is -1.94. The Hall–Kier alpha value is -11.5. The van der Waals surface area contributed by atoms with Crippen LogP contribution in [0.3, 0.4) is 0 Å². The van der Waals surface area contributed by atoms with Gasteiger partial charge >= 0.3 is 0 Å². The molecule has 428 valence electrons. The first-order chi connectivity index (χ1) is 45.2. The monoisotopic (exact) mass is 1200 g/mol. The summed E-state index contributed by atoms with van der Waals surface area (Å²) in [4.78, 5) is 2.63. The second-order valence-corrected chi connectivity index (χ2v) is 25.2. The fourth-order valence-electron chi connectivity index (χ4n) is 13.8. The zero-order valence-corrected chi connectivity index (χ0v) is 50.7. The van der Waals surface area contributed by atoms with Gasteiger partial charge < -0.3 is 22.5 Å². The molecule has 0 aliphatic carbocycles. The number of hydrogen-bond acceptors (Lipinski definition) is 4. The van der Waals surface area contributed by atoms with Crippen molar-refractivity contribution in [2.24, 2.45) is 0 Å². The Morgan fingerprint density at radius 3 is 1.26 bits per heavy atom. The van der Waals surface area contributed by atoms with Crippen molar-refractivity contribution in [3.05, 3.63) is 322 Å². The average molecular weight is 1200 g/mol. The highest BCUT2D eigenvalue weighted by molar-refractivity contribution is 7.23. The van der Waals surface area contributed by atoms with Crippen molar-refractivity contribution in [2.45, 2.75) is 0 Å². The van der Waals surface area contributed by atoms with Gasteiger partial charge in [-0.2, -0.15) is 0 Å². The molecule has 7 heteroatoms. The number of thiophene rings is 2. The van der Waals surface area contributed by atoms with Crippen LogP contribution in [0.4, 0.5) is 0 Å². The summed E-state index contributed by atoms with van der Waals surface area (Å²) in [7, 11) is 0. The second-order valence-electron chi connectivity index (χ2n) is 23.1. The summed E-state index contributed by atoms with van der Waals surface area (Å²) in [6.45, 7) is 0. The number of rotatable bonds is 6. The van der Waals surface area contributed by atoms with Gasteiger partial charge in [0.2, 0.25) is 0 Å². The van der Waals surface area contributed by atoms with Crippen molar-refractivity contribution in [3.8, 4) is 49.1 Å². The maximum atomic E-state index is 6.33. The molecule has 0 spiro atoms. The molecule has 0 radical (unpaired) electrons. The van der Waals surface area contributed by atoms with Crippen LogP contribution in [-0.4, -0.2) is 13.7 Å². The van der Waals surface area contributed by atoms with E-state index in [4.69, 9.17) is 8.83 Å². The lowest BCUT2D eigenvalue weighted by atomic mass is 10.1. The number of para-hydroxylation sites is 6. The maximum absolute atomic E-state index is 6.33. The van der Waals surface area contributed by atoms with Gasteiger partial charge in [-0.3, -0.25) is 0 Å². The van der Waals surface area contributed by atoms with Gasteiger partial charge in [-0.05, 0) is 130 Å². The smallest absolute Gasteiger partial charge is 0.159 e. The van der Waals surface area contributed by atoms with E-state index >= 15 is 0 Å². The second kappa shape index (κ2) is 21.7. The zero-order valence-electron chi connectivity index (χ0n) is 49.1. The maximum Gasteiger partial charge on any atom is 0.159 e. The van der Waals surface area contributed by atoms with Crippen LogP contribution in [0.5, 0.6) is 0 Å². The molecule has 13 aromatic carbocycles. The van der Waals surface area contributed by atoms with Gasteiger partial charge in [0.1, 0.15) is 11.2 Å². The lowest BCUT2D eigenvalue weighted by molar-refractivity contribution is 0.619. The normalized spacial score (nSPS) is 11.7. The molecule has 0 unspecified atom stereocenters. The molecule has 20 rings (SSSR count). The minimum absolute atomic E-state index is 0.899. The zero-order chi connectivity index (χ0) is 59.9. The molecule has 0 saturated heterocycles. The van der Waals surface area contributed by atoms with E-state index in [0.717, 1.165) is 55.0 Å². The first kappa shape index (κ1) is 52.6. The van der Waals surface area contributed by atoms with Crippen molar-refractivity contribution in [1.82, 2.24) is 13.7 Å². The van der Waals surface area contributed by atoms with Gasteiger partial charge in [-0.25, -0.2) is 0 Å². The van der Waals surface area contributed by atoms with Gasteiger partial charge in [0.25, 0.3) is 0 Å². The summed E-state index contributed by atoms with van der Waals surface area (Å²) in [5.41, 5.74) is 18.5. The average Bonchev–Trinajstić information content (AvgIpc) is 1.63. The summed E-state index contributed by atoms with van der Waals surface area (Å²) in [6.07, 6.45) is 1.76. The van der Waals surface area contributed by atoms with Gasteiger partial charge in [-0.15, -0.1) is 22.7 Å². The Morgan fingerprint density at radius 1 is 0.264 bits per heavy atom. The molecule has 0 bridgehead atoms. The van der Waals surface area contributed by atoms with E-state index in [2.05, 4.69) is 311 Å². The van der Waals surface area contributed by atoms with Crippen LogP contribution in [0, 0.1) is 0 Å². The Labute approximate surface area is 531 Å². The molecule has 7 aromatic heterocycles. The molecule has 0 saturated carbocycles. The van der Waals surface area contributed by atoms with Crippen LogP contribution in [0.25, 0.3) is 168 Å². The van der Waals surface area contributed by atoms with E-state index < -0.39 is 0 Å². The third kappa shape index (κ3) is 8.73. The highest BCUT2D eigenvalue weighted by Crippen LogP contribution is 2.46. The van der Waals surface area contributed by atoms with E-state index in [1.54, 1.807) is 6.26 Å².